The van der Waals surface area contributed by atoms with Gasteiger partial charge in [-0.1, -0.05) is 18.2 Å². The standard InChI is InChI=1S/C22H18N2O5/c25-22(21-13-26-17-5-1-2-6-19(17)29-21)24(12-15-4-3-9-23-11-15)16-7-8-18-20(10-16)28-14-27-18/h1-11,21H,12-14H2. The van der Waals surface area contributed by atoms with Gasteiger partial charge in [0.25, 0.3) is 5.91 Å². The van der Waals surface area contributed by atoms with Crippen LogP contribution in [0.25, 0.3) is 0 Å². The number of benzene rings is 2. The Labute approximate surface area is 167 Å². The van der Waals surface area contributed by atoms with Crippen molar-refractivity contribution in [2.75, 3.05) is 18.3 Å². The molecule has 2 aliphatic rings. The Balaban J connectivity index is 1.46. The van der Waals surface area contributed by atoms with Gasteiger partial charge in [-0.05, 0) is 35.9 Å². The van der Waals surface area contributed by atoms with Gasteiger partial charge >= 0.3 is 0 Å². The van der Waals surface area contributed by atoms with Crippen LogP contribution in [-0.2, 0) is 11.3 Å². The minimum atomic E-state index is -0.757. The van der Waals surface area contributed by atoms with E-state index in [-0.39, 0.29) is 19.3 Å². The molecular weight excluding hydrogens is 372 g/mol. The molecule has 2 aromatic carbocycles. The Bertz CT molecular complexity index is 1040. The Kier molecular flexibility index (Phi) is 4.40. The lowest BCUT2D eigenvalue weighted by Gasteiger charge is -2.31. The monoisotopic (exact) mass is 390 g/mol. The zero-order valence-corrected chi connectivity index (χ0v) is 15.5. The number of fused-ring (bicyclic) bond motifs is 2. The van der Waals surface area contributed by atoms with Crippen LogP contribution in [0.2, 0.25) is 0 Å². The van der Waals surface area contributed by atoms with Gasteiger partial charge in [-0.2, -0.15) is 0 Å². The number of rotatable bonds is 4. The summed E-state index contributed by atoms with van der Waals surface area (Å²) in [6.07, 6.45) is 2.68. The third-order valence-corrected chi connectivity index (χ3v) is 4.78. The molecule has 7 nitrogen and oxygen atoms in total. The van der Waals surface area contributed by atoms with Gasteiger partial charge in [-0.3, -0.25) is 9.78 Å². The van der Waals surface area contributed by atoms with Crippen molar-refractivity contribution >= 4 is 11.6 Å². The predicted molar refractivity (Wildman–Crippen MR) is 104 cm³/mol. The first kappa shape index (κ1) is 17.4. The Morgan fingerprint density at radius 1 is 0.966 bits per heavy atom. The molecule has 1 atom stereocenters. The van der Waals surface area contributed by atoms with Crippen LogP contribution in [0.4, 0.5) is 5.69 Å². The van der Waals surface area contributed by atoms with E-state index >= 15 is 0 Å². The maximum absolute atomic E-state index is 13.4. The van der Waals surface area contributed by atoms with Crippen LogP contribution in [0.3, 0.4) is 0 Å². The average Bonchev–Trinajstić information content (AvgIpc) is 3.25. The molecule has 3 aromatic rings. The number of hydrogen-bond donors (Lipinski definition) is 0. The highest BCUT2D eigenvalue weighted by Gasteiger charge is 2.32. The first-order chi connectivity index (χ1) is 14.3. The van der Waals surface area contributed by atoms with Gasteiger partial charge < -0.3 is 23.8 Å². The summed E-state index contributed by atoms with van der Waals surface area (Å²) in [4.78, 5) is 19.2. The maximum Gasteiger partial charge on any atom is 0.271 e. The third kappa shape index (κ3) is 3.42. The SMILES string of the molecule is O=C(C1COc2ccccc2O1)N(Cc1cccnc1)c1ccc2c(c1)OCO2. The van der Waals surface area contributed by atoms with E-state index in [1.54, 1.807) is 35.5 Å². The molecule has 0 N–H and O–H groups in total. The van der Waals surface area contributed by atoms with E-state index in [1.807, 2.05) is 36.4 Å². The van der Waals surface area contributed by atoms with E-state index in [0.29, 0.717) is 35.2 Å². The van der Waals surface area contributed by atoms with E-state index in [4.69, 9.17) is 18.9 Å². The number of amides is 1. The number of pyridine rings is 1. The lowest BCUT2D eigenvalue weighted by Crippen LogP contribution is -2.46. The van der Waals surface area contributed by atoms with Crippen molar-refractivity contribution in [2.45, 2.75) is 12.6 Å². The van der Waals surface area contributed by atoms with Crippen molar-refractivity contribution < 1.29 is 23.7 Å². The molecule has 3 heterocycles. The topological polar surface area (TPSA) is 70.1 Å². The molecule has 0 radical (unpaired) electrons. The molecule has 0 bridgehead atoms. The quantitative estimate of drug-likeness (QED) is 0.682. The number of anilines is 1. The van der Waals surface area contributed by atoms with Crippen LogP contribution in [0.5, 0.6) is 23.0 Å². The second kappa shape index (κ2) is 7.35. The molecule has 1 amide bonds. The zero-order valence-electron chi connectivity index (χ0n) is 15.5. The number of nitrogens with zero attached hydrogens (tertiary/aromatic N) is 2. The van der Waals surface area contributed by atoms with E-state index in [2.05, 4.69) is 4.98 Å². The molecule has 1 aromatic heterocycles. The Hall–Kier alpha value is -3.74. The van der Waals surface area contributed by atoms with Crippen LogP contribution >= 0.6 is 0 Å². The van der Waals surface area contributed by atoms with Crippen LogP contribution in [0.1, 0.15) is 5.56 Å². The van der Waals surface area contributed by atoms with Crippen LogP contribution < -0.4 is 23.8 Å². The van der Waals surface area contributed by atoms with Crippen LogP contribution in [-0.4, -0.2) is 30.4 Å². The molecule has 0 spiro atoms. The molecule has 0 saturated carbocycles. The number of hydrogen-bond acceptors (Lipinski definition) is 6. The summed E-state index contributed by atoms with van der Waals surface area (Å²) in [7, 11) is 0. The van der Waals surface area contributed by atoms with Crippen LogP contribution in [0, 0.1) is 0 Å². The highest BCUT2D eigenvalue weighted by atomic mass is 16.7. The predicted octanol–water partition coefficient (Wildman–Crippen LogP) is 3.18. The minimum Gasteiger partial charge on any atom is -0.485 e. The second-order valence-corrected chi connectivity index (χ2v) is 6.69. The van der Waals surface area contributed by atoms with E-state index in [0.717, 1.165) is 5.56 Å². The molecule has 5 rings (SSSR count). The molecule has 0 saturated heterocycles. The highest BCUT2D eigenvalue weighted by Crippen LogP contribution is 2.37. The number of carbonyl (C=O) groups is 1. The fraction of sp³-hybridized carbons (Fsp3) is 0.182. The number of para-hydroxylation sites is 2. The third-order valence-electron chi connectivity index (χ3n) is 4.78. The summed E-state index contributed by atoms with van der Waals surface area (Å²) in [5.74, 6) is 2.26. The van der Waals surface area contributed by atoms with Gasteiger partial charge in [0.2, 0.25) is 12.9 Å². The fourth-order valence-electron chi connectivity index (χ4n) is 3.34. The van der Waals surface area contributed by atoms with Crippen molar-refractivity contribution in [1.29, 1.82) is 0 Å². The minimum absolute atomic E-state index is 0.143. The summed E-state index contributed by atoms with van der Waals surface area (Å²) >= 11 is 0. The van der Waals surface area contributed by atoms with E-state index in [9.17, 15) is 4.79 Å². The largest absolute Gasteiger partial charge is 0.485 e. The molecule has 0 fully saturated rings. The van der Waals surface area contributed by atoms with Crippen molar-refractivity contribution in [2.24, 2.45) is 0 Å². The van der Waals surface area contributed by atoms with Crippen molar-refractivity contribution in [3.8, 4) is 23.0 Å². The fourth-order valence-corrected chi connectivity index (χ4v) is 3.34. The summed E-state index contributed by atoms with van der Waals surface area (Å²) in [5.41, 5.74) is 1.58. The lowest BCUT2D eigenvalue weighted by molar-refractivity contribution is -0.127. The molecule has 1 unspecified atom stereocenters. The van der Waals surface area contributed by atoms with Gasteiger partial charge in [0.15, 0.2) is 23.0 Å². The maximum atomic E-state index is 13.4. The summed E-state index contributed by atoms with van der Waals surface area (Å²) in [6.45, 7) is 0.656. The molecule has 146 valence electrons. The molecular formula is C22H18N2O5. The van der Waals surface area contributed by atoms with Gasteiger partial charge in [0.1, 0.15) is 6.61 Å². The number of carbonyl (C=O) groups excluding carboxylic acids is 1. The average molecular weight is 390 g/mol. The van der Waals surface area contributed by atoms with E-state index in [1.165, 1.54) is 0 Å². The Morgan fingerprint density at radius 2 is 1.79 bits per heavy atom. The van der Waals surface area contributed by atoms with Gasteiger partial charge in [0, 0.05) is 24.1 Å². The van der Waals surface area contributed by atoms with Crippen LogP contribution in [0.15, 0.2) is 67.0 Å². The molecule has 7 heteroatoms. The number of aromatic nitrogens is 1. The first-order valence-electron chi connectivity index (χ1n) is 9.26. The summed E-state index contributed by atoms with van der Waals surface area (Å²) < 4.78 is 22.5. The zero-order chi connectivity index (χ0) is 19.6. The number of ether oxygens (including phenoxy) is 4. The molecule has 0 aliphatic carbocycles. The van der Waals surface area contributed by atoms with Gasteiger partial charge in [-0.15, -0.1) is 0 Å². The smallest absolute Gasteiger partial charge is 0.271 e. The Morgan fingerprint density at radius 3 is 2.66 bits per heavy atom. The van der Waals surface area contributed by atoms with E-state index < -0.39 is 6.10 Å². The molecule has 29 heavy (non-hydrogen) atoms. The summed E-state index contributed by atoms with van der Waals surface area (Å²) in [5, 5.41) is 0. The lowest BCUT2D eigenvalue weighted by atomic mass is 10.1. The molecule has 2 aliphatic heterocycles. The normalized spacial score (nSPS) is 16.3. The van der Waals surface area contributed by atoms with Crippen molar-refractivity contribution in [1.82, 2.24) is 4.98 Å². The first-order valence-corrected chi connectivity index (χ1v) is 9.26. The highest BCUT2D eigenvalue weighted by molar-refractivity contribution is 5.97. The van der Waals surface area contributed by atoms with Gasteiger partial charge in [-0.25, -0.2) is 0 Å². The van der Waals surface area contributed by atoms with Crippen molar-refractivity contribution in [3.63, 3.8) is 0 Å². The summed E-state index contributed by atoms with van der Waals surface area (Å²) in [6, 6.07) is 16.5. The second-order valence-electron chi connectivity index (χ2n) is 6.69. The van der Waals surface area contributed by atoms with Gasteiger partial charge in [0.05, 0.1) is 6.54 Å². The van der Waals surface area contributed by atoms with Crippen molar-refractivity contribution in [3.05, 3.63) is 72.6 Å².